The molecule has 0 unspecified atom stereocenters. The first-order chi connectivity index (χ1) is 10.5. The summed E-state index contributed by atoms with van der Waals surface area (Å²) in [7, 11) is -3.25. The van der Waals surface area contributed by atoms with Crippen LogP contribution < -0.4 is 9.62 Å². The molecule has 1 amide bonds. The van der Waals surface area contributed by atoms with E-state index in [1.165, 1.54) is 10.5 Å². The molecule has 0 spiro atoms. The highest BCUT2D eigenvalue weighted by Crippen LogP contribution is 2.30. The maximum atomic E-state index is 12.1. The number of aromatic amines is 1. The van der Waals surface area contributed by atoms with Gasteiger partial charge in [0.2, 0.25) is 10.0 Å². The summed E-state index contributed by atoms with van der Waals surface area (Å²) in [6.07, 6.45) is 3.67. The third-order valence-corrected chi connectivity index (χ3v) is 5.40. The molecule has 2 N–H and O–H groups in total. The smallest absolute Gasteiger partial charge is 0.291 e. The van der Waals surface area contributed by atoms with Gasteiger partial charge in [-0.2, -0.15) is 0 Å². The predicted molar refractivity (Wildman–Crippen MR) is 83.5 cm³/mol. The lowest BCUT2D eigenvalue weighted by Gasteiger charge is -2.20. The number of rotatable bonds is 3. The van der Waals surface area contributed by atoms with E-state index in [2.05, 4.69) is 15.3 Å². The van der Waals surface area contributed by atoms with E-state index in [-0.39, 0.29) is 17.5 Å². The lowest BCUT2D eigenvalue weighted by Crippen LogP contribution is -2.26. The number of H-pyrrole nitrogens is 1. The van der Waals surface area contributed by atoms with Crippen LogP contribution in [0.3, 0.4) is 0 Å². The largest absolute Gasteiger partial charge is 0.341 e. The Morgan fingerprint density at radius 2 is 2.23 bits per heavy atom. The number of sulfonamides is 1. The number of amides is 1. The van der Waals surface area contributed by atoms with E-state index in [1.807, 2.05) is 6.92 Å². The Morgan fingerprint density at radius 3 is 2.86 bits per heavy atom. The van der Waals surface area contributed by atoms with Gasteiger partial charge in [-0.1, -0.05) is 6.07 Å². The highest BCUT2D eigenvalue weighted by molar-refractivity contribution is 7.93. The molecule has 1 aliphatic heterocycles. The van der Waals surface area contributed by atoms with Crippen molar-refractivity contribution in [2.45, 2.75) is 13.3 Å². The molecule has 8 heteroatoms. The summed E-state index contributed by atoms with van der Waals surface area (Å²) in [5.41, 5.74) is 1.99. The highest BCUT2D eigenvalue weighted by Gasteiger charge is 2.29. The van der Waals surface area contributed by atoms with E-state index in [0.29, 0.717) is 24.3 Å². The molecule has 22 heavy (non-hydrogen) atoms. The van der Waals surface area contributed by atoms with E-state index < -0.39 is 10.0 Å². The Morgan fingerprint density at radius 1 is 1.41 bits per heavy atom. The van der Waals surface area contributed by atoms with Crippen molar-refractivity contribution in [1.82, 2.24) is 9.97 Å². The van der Waals surface area contributed by atoms with Crippen LogP contribution in [-0.4, -0.2) is 36.6 Å². The highest BCUT2D eigenvalue weighted by atomic mass is 32.2. The minimum absolute atomic E-state index is 0.162. The second kappa shape index (κ2) is 5.45. The number of hydrogen-bond donors (Lipinski definition) is 2. The van der Waals surface area contributed by atoms with Crippen LogP contribution in [0.5, 0.6) is 0 Å². The maximum Gasteiger partial charge on any atom is 0.291 e. The first-order valence-electron chi connectivity index (χ1n) is 6.89. The summed E-state index contributed by atoms with van der Waals surface area (Å²) in [6.45, 7) is 2.32. The molecule has 0 radical (unpaired) electrons. The summed E-state index contributed by atoms with van der Waals surface area (Å²) in [4.78, 5) is 18.6. The minimum Gasteiger partial charge on any atom is -0.341 e. The minimum atomic E-state index is -3.25. The number of carbonyl (C=O) groups excluding carboxylic acids is 1. The molecule has 0 bridgehead atoms. The standard InChI is InChI=1S/C14H16N4O3S/c1-10-3-4-11(17-14(19)13-15-5-6-16-13)9-12(10)18-7-2-8-22(18,20)21/h3-6,9H,2,7-8H2,1H3,(H,15,16)(H,17,19). The number of anilines is 2. The zero-order chi connectivity index (χ0) is 15.7. The molecule has 1 fully saturated rings. The summed E-state index contributed by atoms with van der Waals surface area (Å²) >= 11 is 0. The van der Waals surface area contributed by atoms with Crippen molar-refractivity contribution >= 4 is 27.3 Å². The average Bonchev–Trinajstić information content (AvgIpc) is 3.10. The van der Waals surface area contributed by atoms with Crippen LogP contribution in [-0.2, 0) is 10.0 Å². The van der Waals surface area contributed by atoms with Crippen LogP contribution in [0.15, 0.2) is 30.6 Å². The van der Waals surface area contributed by atoms with Gasteiger partial charge in [0, 0.05) is 24.6 Å². The first kappa shape index (κ1) is 14.6. The maximum absolute atomic E-state index is 12.1. The summed E-state index contributed by atoms with van der Waals surface area (Å²) in [5.74, 6) is -0.00454. The molecule has 2 heterocycles. The topological polar surface area (TPSA) is 95.2 Å². The fraction of sp³-hybridized carbons (Fsp3) is 0.286. The summed E-state index contributed by atoms with van der Waals surface area (Å²) in [6, 6.07) is 5.21. The summed E-state index contributed by atoms with van der Waals surface area (Å²) < 4.78 is 25.5. The predicted octanol–water partition coefficient (Wildman–Crippen LogP) is 1.51. The zero-order valence-electron chi connectivity index (χ0n) is 12.0. The summed E-state index contributed by atoms with van der Waals surface area (Å²) in [5, 5.41) is 2.71. The van der Waals surface area contributed by atoms with E-state index in [9.17, 15) is 13.2 Å². The van der Waals surface area contributed by atoms with Crippen LogP contribution in [0.25, 0.3) is 0 Å². The molecule has 1 saturated heterocycles. The quantitative estimate of drug-likeness (QED) is 0.896. The van der Waals surface area contributed by atoms with Crippen molar-refractivity contribution in [3.63, 3.8) is 0 Å². The van der Waals surface area contributed by atoms with Gasteiger partial charge in [-0.05, 0) is 31.0 Å². The van der Waals surface area contributed by atoms with Crippen molar-refractivity contribution in [1.29, 1.82) is 0 Å². The third kappa shape index (κ3) is 2.69. The van der Waals surface area contributed by atoms with E-state index in [4.69, 9.17) is 0 Å². The van der Waals surface area contributed by atoms with Gasteiger partial charge >= 0.3 is 0 Å². The Balaban J connectivity index is 1.89. The molecule has 1 aliphatic rings. The van der Waals surface area contributed by atoms with Gasteiger partial charge in [-0.3, -0.25) is 9.10 Å². The van der Waals surface area contributed by atoms with Crippen LogP contribution in [0.4, 0.5) is 11.4 Å². The zero-order valence-corrected chi connectivity index (χ0v) is 12.9. The van der Waals surface area contributed by atoms with Gasteiger partial charge in [-0.25, -0.2) is 13.4 Å². The van der Waals surface area contributed by atoms with Crippen molar-refractivity contribution in [2.24, 2.45) is 0 Å². The van der Waals surface area contributed by atoms with Crippen LogP contribution in [0, 0.1) is 6.92 Å². The number of hydrogen-bond acceptors (Lipinski definition) is 4. The fourth-order valence-corrected chi connectivity index (χ4v) is 4.06. The number of aromatic nitrogens is 2. The second-order valence-corrected chi connectivity index (χ2v) is 7.15. The molecule has 3 rings (SSSR count). The molecular formula is C14H16N4O3S. The van der Waals surface area contributed by atoms with E-state index in [0.717, 1.165) is 5.56 Å². The van der Waals surface area contributed by atoms with Gasteiger partial charge in [0.15, 0.2) is 5.82 Å². The van der Waals surface area contributed by atoms with E-state index in [1.54, 1.807) is 24.4 Å². The molecule has 1 aromatic carbocycles. The number of aryl methyl sites for hydroxylation is 1. The number of benzene rings is 1. The Kier molecular flexibility index (Phi) is 3.61. The molecule has 1 aromatic heterocycles. The Labute approximate surface area is 128 Å². The lowest BCUT2D eigenvalue weighted by molar-refractivity contribution is 0.101. The number of nitrogens with zero attached hydrogens (tertiary/aromatic N) is 2. The number of carbonyl (C=O) groups is 1. The molecule has 0 saturated carbocycles. The van der Waals surface area contributed by atoms with E-state index >= 15 is 0 Å². The molecule has 0 aliphatic carbocycles. The van der Waals surface area contributed by atoms with Crippen LogP contribution >= 0.6 is 0 Å². The van der Waals surface area contributed by atoms with Gasteiger partial charge in [0.25, 0.3) is 5.91 Å². The number of nitrogens with one attached hydrogen (secondary N) is 2. The SMILES string of the molecule is Cc1ccc(NC(=O)c2ncc[nH]2)cc1N1CCCS1(=O)=O. The fourth-order valence-electron chi connectivity index (χ4n) is 2.45. The molecular weight excluding hydrogens is 304 g/mol. The van der Waals surface area contributed by atoms with Gasteiger partial charge in [0.1, 0.15) is 0 Å². The van der Waals surface area contributed by atoms with Gasteiger partial charge in [0.05, 0.1) is 11.4 Å². The number of imidazole rings is 1. The third-order valence-electron chi connectivity index (χ3n) is 3.55. The van der Waals surface area contributed by atoms with Crippen LogP contribution in [0.2, 0.25) is 0 Å². The van der Waals surface area contributed by atoms with Gasteiger partial charge in [-0.15, -0.1) is 0 Å². The second-order valence-electron chi connectivity index (χ2n) is 5.13. The molecule has 116 valence electrons. The lowest BCUT2D eigenvalue weighted by atomic mass is 10.1. The van der Waals surface area contributed by atoms with Crippen molar-refractivity contribution < 1.29 is 13.2 Å². The average molecular weight is 320 g/mol. The first-order valence-corrected chi connectivity index (χ1v) is 8.50. The molecule has 0 atom stereocenters. The molecule has 2 aromatic rings. The van der Waals surface area contributed by atoms with Crippen LogP contribution in [0.1, 0.15) is 22.6 Å². The Bertz CT molecular complexity index is 800. The van der Waals surface area contributed by atoms with Gasteiger partial charge < -0.3 is 10.3 Å². The Hall–Kier alpha value is -2.35. The van der Waals surface area contributed by atoms with Crippen molar-refractivity contribution in [3.05, 3.63) is 42.0 Å². The monoisotopic (exact) mass is 320 g/mol. The molecule has 7 nitrogen and oxygen atoms in total. The normalized spacial score (nSPS) is 16.7. The van der Waals surface area contributed by atoms with Crippen molar-refractivity contribution in [3.8, 4) is 0 Å². The van der Waals surface area contributed by atoms with Crippen molar-refractivity contribution in [2.75, 3.05) is 21.9 Å².